The molecule has 1 heterocycles. The molecule has 0 unspecified atom stereocenters. The van der Waals surface area contributed by atoms with Crippen LogP contribution in [0.3, 0.4) is 0 Å². The van der Waals surface area contributed by atoms with E-state index in [-0.39, 0.29) is 5.75 Å². The van der Waals surface area contributed by atoms with Crippen LogP contribution in [0.2, 0.25) is 0 Å². The molecule has 4 aromatic rings. The standard InChI is InChI=1S/C24H21NO2/c1-25-21(15-19-9-5-6-10-23(19)25)12-11-20-16-22(13-14-24(20)26)27-17-18-7-3-2-4-8-18/h2-16,26H,17H2,1H3. The van der Waals surface area contributed by atoms with E-state index < -0.39 is 0 Å². The van der Waals surface area contributed by atoms with Crippen LogP contribution in [0.15, 0.2) is 78.9 Å². The molecule has 0 amide bonds. The molecule has 27 heavy (non-hydrogen) atoms. The van der Waals surface area contributed by atoms with E-state index in [1.54, 1.807) is 12.1 Å². The first-order valence-electron chi connectivity index (χ1n) is 8.93. The number of rotatable bonds is 5. The van der Waals surface area contributed by atoms with Gasteiger partial charge in [-0.15, -0.1) is 0 Å². The number of aromatic hydroxyl groups is 1. The minimum atomic E-state index is 0.233. The number of phenols is 1. The van der Waals surface area contributed by atoms with E-state index in [9.17, 15) is 5.11 Å². The second-order valence-electron chi connectivity index (χ2n) is 6.52. The Hall–Kier alpha value is -3.46. The first kappa shape index (κ1) is 17.0. The van der Waals surface area contributed by atoms with Gasteiger partial charge in [0.2, 0.25) is 0 Å². The molecule has 4 rings (SSSR count). The lowest BCUT2D eigenvalue weighted by molar-refractivity contribution is 0.305. The van der Waals surface area contributed by atoms with Gasteiger partial charge in [0.15, 0.2) is 0 Å². The molecule has 0 aliphatic carbocycles. The van der Waals surface area contributed by atoms with Gasteiger partial charge in [0, 0.05) is 29.2 Å². The zero-order valence-electron chi connectivity index (χ0n) is 15.2. The normalized spacial score (nSPS) is 11.3. The van der Waals surface area contributed by atoms with Crippen LogP contribution in [-0.2, 0) is 13.7 Å². The minimum absolute atomic E-state index is 0.233. The van der Waals surface area contributed by atoms with Crippen LogP contribution >= 0.6 is 0 Å². The number of aryl methyl sites for hydroxylation is 1. The lowest BCUT2D eigenvalue weighted by Crippen LogP contribution is -1.95. The summed E-state index contributed by atoms with van der Waals surface area (Å²) in [5.74, 6) is 0.963. The zero-order chi connectivity index (χ0) is 18.6. The Morgan fingerprint density at radius 2 is 1.67 bits per heavy atom. The van der Waals surface area contributed by atoms with Crippen molar-refractivity contribution in [2.75, 3.05) is 0 Å². The molecular formula is C24H21NO2. The number of nitrogens with zero attached hydrogens (tertiary/aromatic N) is 1. The predicted molar refractivity (Wildman–Crippen MR) is 111 cm³/mol. The molecule has 0 atom stereocenters. The number of fused-ring (bicyclic) bond motifs is 1. The van der Waals surface area contributed by atoms with Crippen LogP contribution in [0.4, 0.5) is 0 Å². The fourth-order valence-electron chi connectivity index (χ4n) is 3.14. The maximum Gasteiger partial charge on any atom is 0.123 e. The molecule has 0 saturated heterocycles. The Morgan fingerprint density at radius 1 is 0.889 bits per heavy atom. The molecule has 134 valence electrons. The number of phenolic OH excluding ortho intramolecular Hbond substituents is 1. The van der Waals surface area contributed by atoms with Crippen LogP contribution in [-0.4, -0.2) is 9.67 Å². The lowest BCUT2D eigenvalue weighted by atomic mass is 10.1. The number of ether oxygens (including phenoxy) is 1. The van der Waals surface area contributed by atoms with Crippen molar-refractivity contribution in [3.8, 4) is 11.5 Å². The van der Waals surface area contributed by atoms with Gasteiger partial charge >= 0.3 is 0 Å². The predicted octanol–water partition coefficient (Wildman–Crippen LogP) is 5.63. The maximum atomic E-state index is 10.2. The first-order valence-corrected chi connectivity index (χ1v) is 8.93. The molecule has 3 nitrogen and oxygen atoms in total. The molecule has 0 aliphatic rings. The highest BCUT2D eigenvalue weighted by Gasteiger charge is 2.04. The molecule has 0 fully saturated rings. The van der Waals surface area contributed by atoms with Crippen molar-refractivity contribution in [2.45, 2.75) is 6.61 Å². The Balaban J connectivity index is 1.55. The summed E-state index contributed by atoms with van der Waals surface area (Å²) in [6, 6.07) is 25.8. The van der Waals surface area contributed by atoms with Gasteiger partial charge in [0.1, 0.15) is 18.1 Å². The Morgan fingerprint density at radius 3 is 2.48 bits per heavy atom. The Bertz CT molecular complexity index is 1090. The van der Waals surface area contributed by atoms with Crippen molar-refractivity contribution in [3.63, 3.8) is 0 Å². The summed E-state index contributed by atoms with van der Waals surface area (Å²) in [4.78, 5) is 0. The molecule has 0 radical (unpaired) electrons. The molecule has 1 N–H and O–H groups in total. The van der Waals surface area contributed by atoms with Gasteiger partial charge in [-0.3, -0.25) is 0 Å². The third kappa shape index (κ3) is 3.72. The number of aromatic nitrogens is 1. The van der Waals surface area contributed by atoms with Crippen LogP contribution < -0.4 is 4.74 Å². The molecule has 0 spiro atoms. The summed E-state index contributed by atoms with van der Waals surface area (Å²) in [7, 11) is 2.04. The molecule has 3 heteroatoms. The largest absolute Gasteiger partial charge is 0.507 e. The topological polar surface area (TPSA) is 34.4 Å². The van der Waals surface area contributed by atoms with Crippen molar-refractivity contribution in [1.29, 1.82) is 0 Å². The summed E-state index contributed by atoms with van der Waals surface area (Å²) in [5, 5.41) is 11.4. The smallest absolute Gasteiger partial charge is 0.123 e. The van der Waals surface area contributed by atoms with Gasteiger partial charge < -0.3 is 14.4 Å². The van der Waals surface area contributed by atoms with Crippen LogP contribution in [0, 0.1) is 0 Å². The highest BCUT2D eigenvalue weighted by molar-refractivity contribution is 5.85. The summed E-state index contributed by atoms with van der Waals surface area (Å²) >= 11 is 0. The molecule has 0 bridgehead atoms. The lowest BCUT2D eigenvalue weighted by Gasteiger charge is -2.08. The van der Waals surface area contributed by atoms with E-state index in [0.29, 0.717) is 6.61 Å². The maximum absolute atomic E-state index is 10.2. The third-order valence-electron chi connectivity index (χ3n) is 4.67. The van der Waals surface area contributed by atoms with Gasteiger partial charge in [-0.2, -0.15) is 0 Å². The second kappa shape index (κ2) is 7.42. The van der Waals surface area contributed by atoms with E-state index in [1.807, 2.05) is 67.7 Å². The Labute approximate surface area is 158 Å². The van der Waals surface area contributed by atoms with Gasteiger partial charge in [-0.25, -0.2) is 0 Å². The fourth-order valence-corrected chi connectivity index (χ4v) is 3.14. The Kier molecular flexibility index (Phi) is 4.67. The average molecular weight is 355 g/mol. The minimum Gasteiger partial charge on any atom is -0.507 e. The molecule has 1 aromatic heterocycles. The van der Waals surface area contributed by atoms with E-state index in [2.05, 4.69) is 22.8 Å². The molecule has 3 aromatic carbocycles. The van der Waals surface area contributed by atoms with Crippen molar-refractivity contribution >= 4 is 23.1 Å². The molecular weight excluding hydrogens is 334 g/mol. The average Bonchev–Trinajstić information content (AvgIpc) is 3.03. The van der Waals surface area contributed by atoms with Gasteiger partial charge in [0.05, 0.1) is 0 Å². The fraction of sp³-hybridized carbons (Fsp3) is 0.0833. The van der Waals surface area contributed by atoms with Gasteiger partial charge in [-0.05, 0) is 48.0 Å². The third-order valence-corrected chi connectivity index (χ3v) is 4.67. The highest BCUT2D eigenvalue weighted by Crippen LogP contribution is 2.26. The van der Waals surface area contributed by atoms with Crippen molar-refractivity contribution in [1.82, 2.24) is 4.57 Å². The van der Waals surface area contributed by atoms with Gasteiger partial charge in [0.25, 0.3) is 0 Å². The van der Waals surface area contributed by atoms with Crippen LogP contribution in [0.5, 0.6) is 11.5 Å². The van der Waals surface area contributed by atoms with Crippen molar-refractivity contribution in [3.05, 3.63) is 95.7 Å². The van der Waals surface area contributed by atoms with E-state index >= 15 is 0 Å². The van der Waals surface area contributed by atoms with E-state index in [1.165, 1.54) is 10.9 Å². The number of para-hydroxylation sites is 1. The second-order valence-corrected chi connectivity index (χ2v) is 6.52. The number of benzene rings is 3. The molecule has 0 aliphatic heterocycles. The quantitative estimate of drug-likeness (QED) is 0.503. The SMILES string of the molecule is Cn1c(C=Cc2cc(OCc3ccccc3)ccc2O)cc2ccccc21. The van der Waals surface area contributed by atoms with Gasteiger partial charge in [-0.1, -0.05) is 48.5 Å². The van der Waals surface area contributed by atoms with Crippen LogP contribution in [0.25, 0.3) is 23.1 Å². The van der Waals surface area contributed by atoms with E-state index in [0.717, 1.165) is 22.6 Å². The van der Waals surface area contributed by atoms with Crippen molar-refractivity contribution in [2.24, 2.45) is 7.05 Å². The van der Waals surface area contributed by atoms with Crippen molar-refractivity contribution < 1.29 is 9.84 Å². The summed E-state index contributed by atoms with van der Waals surface area (Å²) in [6.45, 7) is 0.498. The van der Waals surface area contributed by atoms with Crippen LogP contribution in [0.1, 0.15) is 16.8 Å². The highest BCUT2D eigenvalue weighted by atomic mass is 16.5. The summed E-state index contributed by atoms with van der Waals surface area (Å²) in [6.07, 6.45) is 3.93. The number of hydrogen-bond donors (Lipinski definition) is 1. The number of hydrogen-bond acceptors (Lipinski definition) is 2. The van der Waals surface area contributed by atoms with E-state index in [4.69, 9.17) is 4.74 Å². The summed E-state index contributed by atoms with van der Waals surface area (Å²) < 4.78 is 8.00. The summed E-state index contributed by atoms with van der Waals surface area (Å²) in [5.41, 5.74) is 4.09. The first-order chi connectivity index (χ1) is 13.2. The zero-order valence-corrected chi connectivity index (χ0v) is 15.2. The molecule has 0 saturated carbocycles. The monoisotopic (exact) mass is 355 g/mol.